The van der Waals surface area contributed by atoms with Crippen molar-refractivity contribution in [2.24, 2.45) is 0 Å². The summed E-state index contributed by atoms with van der Waals surface area (Å²) >= 11 is 0. The van der Waals surface area contributed by atoms with Gasteiger partial charge in [-0.15, -0.1) is 0 Å². The first-order valence-electron chi connectivity index (χ1n) is 34.7. The lowest BCUT2D eigenvalue weighted by Gasteiger charge is -2.18. The van der Waals surface area contributed by atoms with Gasteiger partial charge in [0.1, 0.15) is 13.2 Å². The molecule has 0 bridgehead atoms. The van der Waals surface area contributed by atoms with Crippen LogP contribution in [0.1, 0.15) is 342 Å². The van der Waals surface area contributed by atoms with Crippen LogP contribution in [0, 0.1) is 0 Å². The van der Waals surface area contributed by atoms with E-state index < -0.39 is 6.10 Å². The first kappa shape index (κ1) is 77.3. The predicted molar refractivity (Wildman–Crippen MR) is 353 cm³/mol. The molecule has 0 N–H and O–H groups in total. The Labute approximate surface area is 502 Å². The van der Waals surface area contributed by atoms with Crippen molar-refractivity contribution in [2.45, 2.75) is 348 Å². The molecule has 1 atom stereocenters. The maximum Gasteiger partial charge on any atom is 0.306 e. The molecule has 0 radical (unpaired) electrons. The van der Waals surface area contributed by atoms with Crippen LogP contribution in [0.4, 0.5) is 0 Å². The van der Waals surface area contributed by atoms with E-state index in [0.29, 0.717) is 19.3 Å². The normalized spacial score (nSPS) is 12.7. The highest BCUT2D eigenvalue weighted by atomic mass is 16.6. The van der Waals surface area contributed by atoms with Gasteiger partial charge in [-0.05, 0) is 96.3 Å². The fourth-order valence-corrected chi connectivity index (χ4v) is 9.90. The van der Waals surface area contributed by atoms with Crippen LogP contribution < -0.4 is 0 Å². The third-order valence-corrected chi connectivity index (χ3v) is 15.1. The third kappa shape index (κ3) is 67.0. The Bertz CT molecular complexity index is 1580. The number of rotatable bonds is 63. The van der Waals surface area contributed by atoms with Crippen LogP contribution in [0.2, 0.25) is 0 Å². The lowest BCUT2D eigenvalue weighted by atomic mass is 10.0. The summed E-state index contributed by atoms with van der Waals surface area (Å²) in [7, 11) is 0. The highest BCUT2D eigenvalue weighted by Gasteiger charge is 2.19. The van der Waals surface area contributed by atoms with Gasteiger partial charge in [-0.2, -0.15) is 0 Å². The number of ether oxygens (including phenoxy) is 3. The number of hydrogen-bond acceptors (Lipinski definition) is 6. The Morgan fingerprint density at radius 2 is 0.494 bits per heavy atom. The molecule has 0 aliphatic rings. The lowest BCUT2D eigenvalue weighted by molar-refractivity contribution is -0.167. The SMILES string of the molecule is CC/C=C\C/C=C\C/C=C\C/C=C\C/C=C\C/C=C\C/C=C\CCCC(=O)OCC(COC(=O)CCCCCCCCCCC/C=C\CCCCCCCC)OC(=O)CCCCCCCCCCCCCCCCCCCCCCC. The van der Waals surface area contributed by atoms with Gasteiger partial charge in [-0.3, -0.25) is 14.4 Å². The van der Waals surface area contributed by atoms with E-state index in [0.717, 1.165) is 89.9 Å². The highest BCUT2D eigenvalue weighted by Crippen LogP contribution is 2.17. The third-order valence-electron chi connectivity index (χ3n) is 15.1. The molecule has 0 saturated heterocycles. The molecule has 6 heteroatoms. The Morgan fingerprint density at radius 3 is 0.815 bits per heavy atom. The van der Waals surface area contributed by atoms with Gasteiger partial charge in [0.15, 0.2) is 6.10 Å². The van der Waals surface area contributed by atoms with Crippen molar-refractivity contribution >= 4 is 17.9 Å². The minimum Gasteiger partial charge on any atom is -0.462 e. The van der Waals surface area contributed by atoms with Crippen LogP contribution in [0.3, 0.4) is 0 Å². The van der Waals surface area contributed by atoms with Crippen molar-refractivity contribution in [3.63, 3.8) is 0 Å². The van der Waals surface area contributed by atoms with Crippen molar-refractivity contribution < 1.29 is 28.6 Å². The zero-order valence-corrected chi connectivity index (χ0v) is 53.5. The van der Waals surface area contributed by atoms with Gasteiger partial charge in [0.25, 0.3) is 0 Å². The largest absolute Gasteiger partial charge is 0.462 e. The van der Waals surface area contributed by atoms with Crippen LogP contribution in [-0.2, 0) is 28.6 Å². The van der Waals surface area contributed by atoms with Crippen molar-refractivity contribution in [2.75, 3.05) is 13.2 Å². The van der Waals surface area contributed by atoms with Crippen molar-refractivity contribution in [1.29, 1.82) is 0 Å². The summed E-state index contributed by atoms with van der Waals surface area (Å²) in [6.07, 6.45) is 92.9. The molecule has 466 valence electrons. The summed E-state index contributed by atoms with van der Waals surface area (Å²) in [5.74, 6) is -0.940. The molecule has 0 fully saturated rings. The Morgan fingerprint density at radius 1 is 0.259 bits per heavy atom. The second-order valence-electron chi connectivity index (χ2n) is 23.1. The van der Waals surface area contributed by atoms with Gasteiger partial charge in [-0.1, -0.05) is 323 Å². The minimum absolute atomic E-state index is 0.0938. The molecule has 81 heavy (non-hydrogen) atoms. The lowest BCUT2D eigenvalue weighted by Crippen LogP contribution is -2.30. The number of unbranched alkanes of at least 4 members (excludes halogenated alkanes) is 36. The number of esters is 3. The minimum atomic E-state index is -0.803. The van der Waals surface area contributed by atoms with Gasteiger partial charge in [0.05, 0.1) is 0 Å². The fourth-order valence-electron chi connectivity index (χ4n) is 9.90. The monoisotopic (exact) mass is 1130 g/mol. The summed E-state index contributed by atoms with van der Waals surface area (Å²) in [5, 5.41) is 0. The molecule has 0 aromatic rings. The Kier molecular flexibility index (Phi) is 65.7. The number of allylic oxidation sites excluding steroid dienone is 16. The van der Waals surface area contributed by atoms with Gasteiger partial charge in [-0.25, -0.2) is 0 Å². The molecule has 0 aliphatic heterocycles. The molecule has 0 amide bonds. The molecular weight excluding hydrogens is 997 g/mol. The van der Waals surface area contributed by atoms with E-state index in [1.165, 1.54) is 205 Å². The van der Waals surface area contributed by atoms with Crippen LogP contribution in [0.15, 0.2) is 97.2 Å². The molecular formula is C75H130O6. The van der Waals surface area contributed by atoms with E-state index in [1.54, 1.807) is 0 Å². The molecule has 0 heterocycles. The van der Waals surface area contributed by atoms with Gasteiger partial charge < -0.3 is 14.2 Å². The van der Waals surface area contributed by atoms with Gasteiger partial charge in [0, 0.05) is 19.3 Å². The zero-order valence-electron chi connectivity index (χ0n) is 53.5. The predicted octanol–water partition coefficient (Wildman–Crippen LogP) is 24.0. The Hall–Kier alpha value is -3.67. The fraction of sp³-hybridized carbons (Fsp3) is 0.747. The number of carbonyl (C=O) groups is 3. The quantitative estimate of drug-likeness (QED) is 0.0261. The van der Waals surface area contributed by atoms with E-state index in [4.69, 9.17) is 14.2 Å². The van der Waals surface area contributed by atoms with E-state index >= 15 is 0 Å². The molecule has 0 aromatic heterocycles. The second kappa shape index (κ2) is 68.8. The first-order valence-corrected chi connectivity index (χ1v) is 34.7. The van der Waals surface area contributed by atoms with Crippen LogP contribution in [0.5, 0.6) is 0 Å². The molecule has 0 aromatic carbocycles. The topological polar surface area (TPSA) is 78.9 Å². The smallest absolute Gasteiger partial charge is 0.306 e. The molecule has 0 rings (SSSR count). The summed E-state index contributed by atoms with van der Waals surface area (Å²) in [6.45, 7) is 6.52. The van der Waals surface area contributed by atoms with Crippen molar-refractivity contribution in [1.82, 2.24) is 0 Å². The Balaban J connectivity index is 4.45. The number of hydrogen-bond donors (Lipinski definition) is 0. The van der Waals surface area contributed by atoms with Gasteiger partial charge >= 0.3 is 17.9 Å². The molecule has 0 aliphatic carbocycles. The second-order valence-corrected chi connectivity index (χ2v) is 23.1. The first-order chi connectivity index (χ1) is 40.0. The van der Waals surface area contributed by atoms with Crippen LogP contribution >= 0.6 is 0 Å². The van der Waals surface area contributed by atoms with E-state index in [9.17, 15) is 14.4 Å². The average molecular weight is 1130 g/mol. The van der Waals surface area contributed by atoms with Crippen LogP contribution in [0.25, 0.3) is 0 Å². The molecule has 1 unspecified atom stereocenters. The summed E-state index contributed by atoms with van der Waals surface area (Å²) in [5.41, 5.74) is 0. The van der Waals surface area contributed by atoms with Crippen LogP contribution in [-0.4, -0.2) is 37.2 Å². The maximum atomic E-state index is 13.0. The molecule has 6 nitrogen and oxygen atoms in total. The van der Waals surface area contributed by atoms with Crippen molar-refractivity contribution in [3.05, 3.63) is 97.2 Å². The van der Waals surface area contributed by atoms with E-state index in [-0.39, 0.29) is 37.5 Å². The van der Waals surface area contributed by atoms with E-state index in [2.05, 4.69) is 118 Å². The maximum absolute atomic E-state index is 13.0. The highest BCUT2D eigenvalue weighted by molar-refractivity contribution is 5.71. The summed E-state index contributed by atoms with van der Waals surface area (Å²) in [6, 6.07) is 0. The average Bonchev–Trinajstić information content (AvgIpc) is 3.47. The summed E-state index contributed by atoms with van der Waals surface area (Å²) in [4.78, 5) is 38.4. The molecule has 0 saturated carbocycles. The standard InChI is InChI=1S/C75H130O6/c1-4-7-10-13-16-19-22-25-28-31-34-36-37-39-41-44-47-50-53-56-59-62-65-68-74(77)80-71-72(70-79-73(76)67-64-61-58-55-52-49-46-43-40-33-30-27-24-21-18-15-12-9-6-3)81-75(78)69-66-63-60-57-54-51-48-45-42-38-35-32-29-26-23-20-17-14-11-8-5-2/h7,10,16,19,25,27-28,30,34,36,39,41,47,50,56,59,72H,4-6,8-9,11-15,17-18,20-24,26,29,31-33,35,37-38,40,42-46,48-49,51-55,57-58,60-71H2,1-3H3/b10-7-,19-16-,28-25-,30-27-,36-34-,41-39-,50-47-,59-56-. The zero-order chi connectivity index (χ0) is 58.5. The molecule has 0 spiro atoms. The summed E-state index contributed by atoms with van der Waals surface area (Å²) < 4.78 is 16.9. The van der Waals surface area contributed by atoms with Gasteiger partial charge in [0.2, 0.25) is 0 Å². The van der Waals surface area contributed by atoms with Crippen molar-refractivity contribution in [3.8, 4) is 0 Å². The number of carbonyl (C=O) groups excluding carboxylic acids is 3. The van der Waals surface area contributed by atoms with E-state index in [1.807, 2.05) is 0 Å².